The Bertz CT molecular complexity index is 1040. The van der Waals surface area contributed by atoms with E-state index in [0.717, 1.165) is 16.8 Å². The van der Waals surface area contributed by atoms with Crippen LogP contribution in [-0.2, 0) is 11.2 Å². The summed E-state index contributed by atoms with van der Waals surface area (Å²) in [6.07, 6.45) is 0.320. The van der Waals surface area contributed by atoms with Crippen LogP contribution >= 0.6 is 34.7 Å². The van der Waals surface area contributed by atoms with Gasteiger partial charge in [-0.15, -0.1) is 11.8 Å². The maximum atomic E-state index is 13.3. The molecule has 3 aromatic rings. The number of carbonyl (C=O) groups is 1. The molecule has 31 heavy (non-hydrogen) atoms. The molecule has 0 aliphatic heterocycles. The number of amides is 1. The van der Waals surface area contributed by atoms with Gasteiger partial charge in [0.25, 0.3) is 0 Å². The lowest BCUT2D eigenvalue weighted by atomic mass is 10.1. The molecule has 8 heteroatoms. The van der Waals surface area contributed by atoms with Crippen molar-refractivity contribution in [2.75, 3.05) is 39.2 Å². The number of carbonyl (C=O) groups excluding carboxylic acids is 1. The first-order chi connectivity index (χ1) is 14.8. The van der Waals surface area contributed by atoms with Crippen molar-refractivity contribution in [2.45, 2.75) is 30.4 Å². The van der Waals surface area contributed by atoms with Gasteiger partial charge < -0.3 is 9.64 Å². The Balaban J connectivity index is 1.87. The van der Waals surface area contributed by atoms with Crippen molar-refractivity contribution in [1.29, 1.82) is 0 Å². The van der Waals surface area contributed by atoms with Crippen LogP contribution in [0.1, 0.15) is 19.4 Å². The van der Waals surface area contributed by atoms with Crippen LogP contribution in [0.15, 0.2) is 41.3 Å². The first-order valence-electron chi connectivity index (χ1n) is 10.1. The maximum Gasteiger partial charge on any atom is 0.233 e. The van der Waals surface area contributed by atoms with Gasteiger partial charge in [0.05, 0.1) is 23.3 Å². The lowest BCUT2D eigenvalue weighted by molar-refractivity contribution is -0.118. The van der Waals surface area contributed by atoms with Crippen LogP contribution in [0.5, 0.6) is 5.75 Å². The van der Waals surface area contributed by atoms with Crippen LogP contribution in [-0.4, -0.2) is 55.3 Å². The summed E-state index contributed by atoms with van der Waals surface area (Å²) in [5, 5.41) is 1.77. The van der Waals surface area contributed by atoms with Crippen LogP contribution in [0.3, 0.4) is 0 Å². The lowest BCUT2D eigenvalue weighted by Gasteiger charge is -2.22. The summed E-state index contributed by atoms with van der Waals surface area (Å²) in [6, 6.07) is 11.8. The third kappa shape index (κ3) is 6.13. The van der Waals surface area contributed by atoms with E-state index in [-0.39, 0.29) is 5.91 Å². The zero-order valence-electron chi connectivity index (χ0n) is 18.5. The molecule has 0 spiro atoms. The van der Waals surface area contributed by atoms with Crippen molar-refractivity contribution in [2.24, 2.45) is 0 Å². The molecular formula is C23H28ClN3O2S2. The SMILES string of the molecule is COc1ccc(Cl)c2sc(N(CCN(C)C)C(=O)Cc3ccc(SC(C)C)cc3)nc12. The molecule has 0 fully saturated rings. The molecule has 1 heterocycles. The number of ether oxygens (including phenoxy) is 1. The Morgan fingerprint density at radius 2 is 1.87 bits per heavy atom. The van der Waals surface area contributed by atoms with E-state index in [1.165, 1.54) is 16.2 Å². The number of anilines is 1. The van der Waals surface area contributed by atoms with E-state index in [9.17, 15) is 4.79 Å². The Morgan fingerprint density at radius 3 is 2.48 bits per heavy atom. The van der Waals surface area contributed by atoms with Crippen LogP contribution in [0.2, 0.25) is 5.02 Å². The van der Waals surface area contributed by atoms with Crippen molar-refractivity contribution >= 4 is 56.0 Å². The molecule has 0 unspecified atom stereocenters. The number of benzene rings is 2. The van der Waals surface area contributed by atoms with Crippen LogP contribution in [0.4, 0.5) is 5.13 Å². The zero-order valence-corrected chi connectivity index (χ0v) is 20.9. The predicted octanol–water partition coefficient (Wildman–Crippen LogP) is 5.60. The fraction of sp³-hybridized carbons (Fsp3) is 0.391. The van der Waals surface area contributed by atoms with Crippen molar-refractivity contribution in [1.82, 2.24) is 9.88 Å². The second-order valence-corrected chi connectivity index (χ2v) is 10.8. The number of hydrogen-bond donors (Lipinski definition) is 0. The van der Waals surface area contributed by atoms with Crippen LogP contribution in [0.25, 0.3) is 10.2 Å². The largest absolute Gasteiger partial charge is 0.494 e. The molecule has 3 rings (SSSR count). The molecular weight excluding hydrogens is 450 g/mol. The quantitative estimate of drug-likeness (QED) is 0.375. The molecule has 166 valence electrons. The van der Waals surface area contributed by atoms with E-state index < -0.39 is 0 Å². The number of hydrogen-bond acceptors (Lipinski definition) is 6. The summed E-state index contributed by atoms with van der Waals surface area (Å²) in [7, 11) is 5.59. The summed E-state index contributed by atoms with van der Waals surface area (Å²) < 4.78 is 6.27. The van der Waals surface area contributed by atoms with Crippen molar-refractivity contribution in [3.63, 3.8) is 0 Å². The van der Waals surface area contributed by atoms with Gasteiger partial charge in [0, 0.05) is 23.2 Å². The number of thioether (sulfide) groups is 1. The minimum atomic E-state index is 0.0141. The highest BCUT2D eigenvalue weighted by molar-refractivity contribution is 7.99. The molecule has 0 bridgehead atoms. The van der Waals surface area contributed by atoms with E-state index in [1.807, 2.05) is 38.0 Å². The number of methoxy groups -OCH3 is 1. The Hall–Kier alpha value is -1.80. The third-order valence-corrected chi connectivity index (χ3v) is 7.17. The fourth-order valence-corrected chi connectivity index (χ4v) is 5.21. The first-order valence-corrected chi connectivity index (χ1v) is 12.2. The number of aromatic nitrogens is 1. The Labute approximate surface area is 197 Å². The molecule has 0 saturated heterocycles. The Morgan fingerprint density at radius 1 is 1.16 bits per heavy atom. The van der Waals surface area contributed by atoms with Crippen LogP contribution < -0.4 is 9.64 Å². The Kier molecular flexibility index (Phi) is 8.22. The molecule has 1 amide bonds. The fourth-order valence-electron chi connectivity index (χ4n) is 3.08. The lowest BCUT2D eigenvalue weighted by Crippen LogP contribution is -2.37. The van der Waals surface area contributed by atoms with Gasteiger partial charge in [0.2, 0.25) is 5.91 Å². The minimum Gasteiger partial charge on any atom is -0.494 e. The van der Waals surface area contributed by atoms with Gasteiger partial charge in [-0.2, -0.15) is 0 Å². The van der Waals surface area contributed by atoms with Crippen molar-refractivity contribution < 1.29 is 9.53 Å². The molecule has 0 N–H and O–H groups in total. The van der Waals surface area contributed by atoms with E-state index >= 15 is 0 Å². The highest BCUT2D eigenvalue weighted by Crippen LogP contribution is 2.38. The maximum absolute atomic E-state index is 13.3. The molecule has 0 saturated carbocycles. The van der Waals surface area contributed by atoms with E-state index in [4.69, 9.17) is 21.3 Å². The van der Waals surface area contributed by atoms with Gasteiger partial charge in [-0.1, -0.05) is 48.9 Å². The predicted molar refractivity (Wildman–Crippen MR) is 133 cm³/mol. The number of thiazole rings is 1. The molecule has 5 nitrogen and oxygen atoms in total. The number of nitrogens with zero attached hydrogens (tertiary/aromatic N) is 3. The number of halogens is 1. The molecule has 0 atom stereocenters. The topological polar surface area (TPSA) is 45.7 Å². The normalized spacial score (nSPS) is 11.5. The van der Waals surface area contributed by atoms with Gasteiger partial charge in [-0.05, 0) is 43.9 Å². The smallest absolute Gasteiger partial charge is 0.233 e. The summed E-state index contributed by atoms with van der Waals surface area (Å²) in [6.45, 7) is 5.62. The van der Waals surface area contributed by atoms with Crippen molar-refractivity contribution in [3.8, 4) is 5.75 Å². The van der Waals surface area contributed by atoms with Gasteiger partial charge in [-0.25, -0.2) is 4.98 Å². The van der Waals surface area contributed by atoms with E-state index in [2.05, 4.69) is 30.9 Å². The number of rotatable bonds is 9. The van der Waals surface area contributed by atoms with E-state index in [0.29, 0.717) is 39.6 Å². The van der Waals surface area contributed by atoms with Gasteiger partial charge in [0.1, 0.15) is 11.3 Å². The summed E-state index contributed by atoms with van der Waals surface area (Å²) in [5.74, 6) is 0.667. The standard InChI is InChI=1S/C23H28ClN3O2S2/c1-15(2)30-17-8-6-16(7-9-17)14-20(28)27(13-12-26(3)4)23-25-21-19(29-5)11-10-18(24)22(21)31-23/h6-11,15H,12-14H2,1-5H3. The van der Waals surface area contributed by atoms with Crippen molar-refractivity contribution in [3.05, 3.63) is 47.0 Å². The average Bonchev–Trinajstić information content (AvgIpc) is 3.15. The van der Waals surface area contributed by atoms with Gasteiger partial charge >= 0.3 is 0 Å². The van der Waals surface area contributed by atoms with Gasteiger partial charge in [-0.3, -0.25) is 9.69 Å². The molecule has 2 aromatic carbocycles. The van der Waals surface area contributed by atoms with Gasteiger partial charge in [0.15, 0.2) is 5.13 Å². The summed E-state index contributed by atoms with van der Waals surface area (Å²) in [4.78, 5) is 23.1. The summed E-state index contributed by atoms with van der Waals surface area (Å²) in [5.41, 5.74) is 1.68. The van der Waals surface area contributed by atoms with Crippen LogP contribution in [0, 0.1) is 0 Å². The molecule has 1 aromatic heterocycles. The monoisotopic (exact) mass is 477 g/mol. The summed E-state index contributed by atoms with van der Waals surface area (Å²) >= 11 is 9.63. The number of likely N-dealkylation sites (N-methyl/N-ethyl adjacent to an activating group) is 1. The third-order valence-electron chi connectivity index (χ3n) is 4.62. The second kappa shape index (κ2) is 10.7. The highest BCUT2D eigenvalue weighted by Gasteiger charge is 2.22. The number of fused-ring (bicyclic) bond motifs is 1. The molecule has 0 radical (unpaired) electrons. The second-order valence-electron chi connectivity index (χ2n) is 7.76. The average molecular weight is 478 g/mol. The molecule has 0 aliphatic rings. The zero-order chi connectivity index (χ0) is 22.5. The minimum absolute atomic E-state index is 0.0141. The molecule has 0 aliphatic carbocycles. The first kappa shape index (κ1) is 23.9. The van der Waals surface area contributed by atoms with E-state index in [1.54, 1.807) is 24.1 Å². The highest BCUT2D eigenvalue weighted by atomic mass is 35.5.